The molecule has 1 aromatic heterocycles. The van der Waals surface area contributed by atoms with Crippen LogP contribution >= 0.6 is 0 Å². The lowest BCUT2D eigenvalue weighted by Gasteiger charge is -2.18. The van der Waals surface area contributed by atoms with Gasteiger partial charge < -0.3 is 4.98 Å². The van der Waals surface area contributed by atoms with Crippen molar-refractivity contribution in [3.8, 4) is 0 Å². The summed E-state index contributed by atoms with van der Waals surface area (Å²) in [7, 11) is 0. The van der Waals surface area contributed by atoms with Gasteiger partial charge in [-0.1, -0.05) is 46.4 Å². The van der Waals surface area contributed by atoms with E-state index in [1.54, 1.807) is 0 Å². The number of aromatic nitrogens is 1. The second kappa shape index (κ2) is 4.06. The van der Waals surface area contributed by atoms with E-state index in [1.807, 2.05) is 0 Å². The molecule has 0 spiro atoms. The van der Waals surface area contributed by atoms with Crippen LogP contribution in [0.15, 0.2) is 18.2 Å². The van der Waals surface area contributed by atoms with Crippen molar-refractivity contribution in [2.24, 2.45) is 0 Å². The zero-order chi connectivity index (χ0) is 12.6. The van der Waals surface area contributed by atoms with E-state index in [-0.39, 0.29) is 5.41 Å². The van der Waals surface area contributed by atoms with Gasteiger partial charge >= 0.3 is 0 Å². The molecule has 0 atom stereocenters. The Morgan fingerprint density at radius 1 is 1.29 bits per heavy atom. The number of rotatable bonds is 1. The number of hydrogen-bond donors (Lipinski definition) is 1. The van der Waals surface area contributed by atoms with Crippen molar-refractivity contribution in [2.75, 3.05) is 0 Å². The van der Waals surface area contributed by atoms with Gasteiger partial charge in [-0.3, -0.25) is 0 Å². The molecular weight excluding hydrogens is 206 g/mol. The summed E-state index contributed by atoms with van der Waals surface area (Å²) in [5, 5.41) is 3.57. The van der Waals surface area contributed by atoms with E-state index in [2.05, 4.69) is 63.5 Å². The fourth-order valence-electron chi connectivity index (χ4n) is 2.17. The fraction of sp³-hybridized carbons (Fsp3) is 0.375. The Bertz CT molecular complexity index is 638. The highest BCUT2D eigenvalue weighted by Gasteiger charge is 2.14. The molecule has 0 unspecified atom stereocenters. The largest absolute Gasteiger partial charge is 0.355 e. The Labute approximate surface area is 103 Å². The summed E-state index contributed by atoms with van der Waals surface area (Å²) in [4.78, 5) is 3.35. The minimum atomic E-state index is 0.191. The van der Waals surface area contributed by atoms with Gasteiger partial charge in [-0.05, 0) is 29.5 Å². The minimum absolute atomic E-state index is 0.191. The van der Waals surface area contributed by atoms with Crippen molar-refractivity contribution >= 4 is 23.6 Å². The Morgan fingerprint density at radius 3 is 2.59 bits per heavy atom. The lowest BCUT2D eigenvalue weighted by molar-refractivity contribution is 0.591. The predicted molar refractivity (Wildman–Crippen MR) is 76.5 cm³/mol. The van der Waals surface area contributed by atoms with Crippen LogP contribution in [0.5, 0.6) is 0 Å². The van der Waals surface area contributed by atoms with Crippen molar-refractivity contribution in [1.29, 1.82) is 0 Å². The zero-order valence-electron chi connectivity index (χ0n) is 11.2. The highest BCUT2D eigenvalue weighted by atomic mass is 14.7. The van der Waals surface area contributed by atoms with E-state index in [4.69, 9.17) is 0 Å². The second-order valence-corrected chi connectivity index (χ2v) is 5.64. The van der Waals surface area contributed by atoms with E-state index in [0.717, 1.165) is 11.8 Å². The molecule has 1 nitrogen and oxygen atoms in total. The highest BCUT2D eigenvalue weighted by Crippen LogP contribution is 2.23. The van der Waals surface area contributed by atoms with Gasteiger partial charge in [0.25, 0.3) is 0 Å². The zero-order valence-corrected chi connectivity index (χ0v) is 11.2. The van der Waals surface area contributed by atoms with E-state index in [1.165, 1.54) is 21.7 Å². The lowest BCUT2D eigenvalue weighted by Crippen LogP contribution is -2.20. The van der Waals surface area contributed by atoms with Gasteiger partial charge in [-0.15, -0.1) is 0 Å². The lowest BCUT2D eigenvalue weighted by atomic mass is 9.86. The maximum absolute atomic E-state index is 4.08. The van der Waals surface area contributed by atoms with Gasteiger partial charge in [0, 0.05) is 21.5 Å². The van der Waals surface area contributed by atoms with Crippen molar-refractivity contribution in [3.05, 3.63) is 34.3 Å². The summed E-state index contributed by atoms with van der Waals surface area (Å²) in [6.45, 7) is 13.0. The van der Waals surface area contributed by atoms with Gasteiger partial charge in [0.15, 0.2) is 0 Å². The molecule has 0 fully saturated rings. The molecule has 0 bridgehead atoms. The number of benzene rings is 1. The Kier molecular flexibility index (Phi) is 2.86. The number of fused-ring (bicyclic) bond motifs is 1. The monoisotopic (exact) mass is 227 g/mol. The molecule has 0 aliphatic carbocycles. The molecule has 0 saturated heterocycles. The quantitative estimate of drug-likeness (QED) is 0.770. The van der Waals surface area contributed by atoms with Crippen LogP contribution in [-0.4, -0.2) is 4.98 Å². The molecule has 0 aliphatic rings. The summed E-state index contributed by atoms with van der Waals surface area (Å²) in [5.41, 5.74) is 2.74. The maximum atomic E-state index is 4.08. The average molecular weight is 227 g/mol. The molecule has 1 aromatic carbocycles. The summed E-state index contributed by atoms with van der Waals surface area (Å²) >= 11 is 0. The third-order valence-electron chi connectivity index (χ3n) is 3.19. The van der Waals surface area contributed by atoms with E-state index in [9.17, 15) is 0 Å². The van der Waals surface area contributed by atoms with Crippen molar-refractivity contribution < 1.29 is 0 Å². The number of hydrogen-bond acceptors (Lipinski definition) is 0. The van der Waals surface area contributed by atoms with Crippen molar-refractivity contribution in [2.45, 2.75) is 39.5 Å². The van der Waals surface area contributed by atoms with Gasteiger partial charge in [-0.2, -0.15) is 0 Å². The molecule has 1 heteroatoms. The standard InChI is InChI=1S/C16H21N/c1-6-7-13-11(2)17-15-9-8-12(10-14(13)15)16(3,4)5/h7-10,17H,2,6H2,1,3-5H3/b13-7+. The highest BCUT2D eigenvalue weighted by molar-refractivity contribution is 5.82. The fourth-order valence-corrected chi connectivity index (χ4v) is 2.17. The summed E-state index contributed by atoms with van der Waals surface area (Å²) in [6.07, 6.45) is 3.28. The molecule has 2 aromatic rings. The first kappa shape index (κ1) is 12.0. The van der Waals surface area contributed by atoms with E-state index >= 15 is 0 Å². The van der Waals surface area contributed by atoms with Crippen LogP contribution in [0.2, 0.25) is 0 Å². The molecule has 17 heavy (non-hydrogen) atoms. The molecule has 0 radical (unpaired) electrons. The van der Waals surface area contributed by atoms with Crippen LogP contribution in [0, 0.1) is 0 Å². The summed E-state index contributed by atoms with van der Waals surface area (Å²) in [6, 6.07) is 6.66. The van der Waals surface area contributed by atoms with Gasteiger partial charge in [0.05, 0.1) is 0 Å². The van der Waals surface area contributed by atoms with E-state index in [0.29, 0.717) is 0 Å². The molecule has 0 saturated carbocycles. The smallest absolute Gasteiger partial charge is 0.0464 e. The predicted octanol–water partition coefficient (Wildman–Crippen LogP) is 3.07. The van der Waals surface area contributed by atoms with Gasteiger partial charge in [0.1, 0.15) is 0 Å². The molecule has 1 heterocycles. The SMILES string of the molecule is C=c1[nH]c2ccc(C(C)(C)C)cc2/c1=C/CC. The second-order valence-electron chi connectivity index (χ2n) is 5.64. The normalized spacial score (nSPS) is 13.5. The summed E-state index contributed by atoms with van der Waals surface area (Å²) < 4.78 is 0. The maximum Gasteiger partial charge on any atom is 0.0464 e. The molecule has 0 amide bonds. The van der Waals surface area contributed by atoms with Gasteiger partial charge in [-0.25, -0.2) is 0 Å². The first-order chi connectivity index (χ1) is 7.93. The minimum Gasteiger partial charge on any atom is -0.355 e. The Morgan fingerprint density at radius 2 is 2.00 bits per heavy atom. The van der Waals surface area contributed by atoms with Crippen LogP contribution in [0.4, 0.5) is 0 Å². The molecule has 1 N–H and O–H groups in total. The first-order valence-electron chi connectivity index (χ1n) is 6.25. The number of nitrogens with one attached hydrogen (secondary N) is 1. The van der Waals surface area contributed by atoms with Crippen LogP contribution in [0.25, 0.3) is 23.6 Å². The van der Waals surface area contributed by atoms with Crippen LogP contribution in [-0.2, 0) is 5.41 Å². The Balaban J connectivity index is 2.80. The number of aromatic amines is 1. The van der Waals surface area contributed by atoms with E-state index < -0.39 is 0 Å². The molecule has 90 valence electrons. The van der Waals surface area contributed by atoms with Gasteiger partial charge in [0.2, 0.25) is 0 Å². The molecule has 2 rings (SSSR count). The molecule has 0 aliphatic heterocycles. The third-order valence-corrected chi connectivity index (χ3v) is 3.19. The van der Waals surface area contributed by atoms with Crippen LogP contribution in [0.1, 0.15) is 39.7 Å². The van der Waals surface area contributed by atoms with Crippen molar-refractivity contribution in [1.82, 2.24) is 4.98 Å². The number of H-pyrrole nitrogens is 1. The van der Waals surface area contributed by atoms with Crippen LogP contribution < -0.4 is 10.6 Å². The first-order valence-corrected chi connectivity index (χ1v) is 6.25. The summed E-state index contributed by atoms with van der Waals surface area (Å²) in [5.74, 6) is 0. The molecular formula is C16H21N. The Hall–Kier alpha value is -1.50. The van der Waals surface area contributed by atoms with Crippen LogP contribution in [0.3, 0.4) is 0 Å². The third kappa shape index (κ3) is 2.14. The average Bonchev–Trinajstić information content (AvgIpc) is 2.54. The van der Waals surface area contributed by atoms with Crippen molar-refractivity contribution in [3.63, 3.8) is 0 Å². The topological polar surface area (TPSA) is 15.8 Å².